The quantitative estimate of drug-likeness (QED) is 0.830. The largest absolute Gasteiger partial charge is 0.493 e. The lowest BCUT2D eigenvalue weighted by Gasteiger charge is -2.50. The molecule has 0 aromatic carbocycles. The van der Waals surface area contributed by atoms with Gasteiger partial charge in [0, 0.05) is 45.3 Å². The number of nitrogens with zero attached hydrogens (tertiary/aromatic N) is 4. The van der Waals surface area contributed by atoms with Crippen molar-refractivity contribution in [3.8, 4) is 5.75 Å². The fraction of sp³-hybridized carbons (Fsp3) is 0.800. The first kappa shape index (κ1) is 14.8. The minimum absolute atomic E-state index is 0.261. The van der Waals surface area contributed by atoms with Crippen LogP contribution in [-0.2, 0) is 6.54 Å². The van der Waals surface area contributed by atoms with Gasteiger partial charge in [-0.3, -0.25) is 14.5 Å². The van der Waals surface area contributed by atoms with Gasteiger partial charge in [-0.15, -0.1) is 0 Å². The molecule has 6 heteroatoms. The van der Waals surface area contributed by atoms with Gasteiger partial charge in [0.1, 0.15) is 0 Å². The molecule has 2 atom stereocenters. The summed E-state index contributed by atoms with van der Waals surface area (Å²) < 4.78 is 7.68. The Morgan fingerprint density at radius 2 is 2.14 bits per heavy atom. The Labute approximate surface area is 127 Å². The van der Waals surface area contributed by atoms with Gasteiger partial charge < -0.3 is 10.1 Å². The molecule has 0 saturated carbocycles. The van der Waals surface area contributed by atoms with Crippen LogP contribution in [0.15, 0.2) is 6.20 Å². The van der Waals surface area contributed by atoms with Crippen LogP contribution in [0.5, 0.6) is 5.75 Å². The van der Waals surface area contributed by atoms with Gasteiger partial charge in [0.25, 0.3) is 0 Å². The average Bonchev–Trinajstić information content (AvgIpc) is 2.93. The normalized spacial score (nSPS) is 29.6. The molecule has 1 N–H and O–H groups in total. The van der Waals surface area contributed by atoms with E-state index in [-0.39, 0.29) is 6.04 Å². The van der Waals surface area contributed by atoms with Gasteiger partial charge in [0.05, 0.1) is 25.0 Å². The molecular weight excluding hydrogens is 266 g/mol. The van der Waals surface area contributed by atoms with Gasteiger partial charge in [0.15, 0.2) is 5.75 Å². The minimum Gasteiger partial charge on any atom is -0.493 e. The van der Waals surface area contributed by atoms with Crippen LogP contribution in [0.3, 0.4) is 0 Å². The van der Waals surface area contributed by atoms with Crippen LogP contribution in [-0.4, -0.2) is 72.5 Å². The first-order valence-corrected chi connectivity index (χ1v) is 8.01. The van der Waals surface area contributed by atoms with Crippen LogP contribution in [0, 0.1) is 0 Å². The molecule has 4 heterocycles. The van der Waals surface area contributed by atoms with Gasteiger partial charge >= 0.3 is 0 Å². The Morgan fingerprint density at radius 1 is 1.38 bits per heavy atom. The first-order valence-electron chi connectivity index (χ1n) is 8.01. The maximum absolute atomic E-state index is 5.57. The fourth-order valence-electron chi connectivity index (χ4n) is 3.72. The van der Waals surface area contributed by atoms with E-state index < -0.39 is 0 Å². The van der Waals surface area contributed by atoms with Crippen LogP contribution in [0.4, 0.5) is 0 Å². The van der Waals surface area contributed by atoms with E-state index in [2.05, 4.69) is 31.8 Å². The number of hydrogen-bond donors (Lipinski definition) is 1. The molecule has 1 aromatic rings. The highest BCUT2D eigenvalue weighted by Crippen LogP contribution is 2.32. The summed E-state index contributed by atoms with van der Waals surface area (Å²) in [6.07, 6.45) is 2.93. The predicted molar refractivity (Wildman–Crippen MR) is 82.7 cm³/mol. The number of fused-ring (bicyclic) bond motifs is 3. The Balaban J connectivity index is 1.90. The number of aryl methyl sites for hydroxylation is 1. The van der Waals surface area contributed by atoms with E-state index in [0.717, 1.165) is 25.3 Å². The highest BCUT2D eigenvalue weighted by Gasteiger charge is 2.39. The van der Waals surface area contributed by atoms with Crippen molar-refractivity contribution in [2.75, 3.05) is 46.9 Å². The van der Waals surface area contributed by atoms with E-state index in [1.54, 1.807) is 7.11 Å². The Hall–Kier alpha value is -1.11. The number of hydrogen-bond acceptors (Lipinski definition) is 5. The zero-order valence-corrected chi connectivity index (χ0v) is 13.4. The summed E-state index contributed by atoms with van der Waals surface area (Å²) in [6, 6.07) is 0.760. The molecule has 118 valence electrons. The third-order valence-electron chi connectivity index (χ3n) is 4.81. The molecule has 4 rings (SSSR count). The second-order valence-corrected chi connectivity index (χ2v) is 5.99. The summed E-state index contributed by atoms with van der Waals surface area (Å²) >= 11 is 0. The lowest BCUT2D eigenvalue weighted by Crippen LogP contribution is -2.63. The summed E-state index contributed by atoms with van der Waals surface area (Å²) in [6.45, 7) is 9.01. The molecule has 3 saturated heterocycles. The van der Waals surface area contributed by atoms with Crippen molar-refractivity contribution in [2.45, 2.75) is 32.0 Å². The van der Waals surface area contributed by atoms with Gasteiger partial charge in [-0.2, -0.15) is 5.10 Å². The molecule has 0 amide bonds. The molecular formula is C15H27N5O. The van der Waals surface area contributed by atoms with Crippen molar-refractivity contribution in [2.24, 2.45) is 0 Å². The Morgan fingerprint density at radius 3 is 2.67 bits per heavy atom. The maximum Gasteiger partial charge on any atom is 0.161 e. The topological polar surface area (TPSA) is 45.6 Å². The second kappa shape index (κ2) is 6.34. The summed E-state index contributed by atoms with van der Waals surface area (Å²) in [5, 5.41) is 8.05. The van der Waals surface area contributed by atoms with Crippen molar-refractivity contribution in [3.63, 3.8) is 0 Å². The van der Waals surface area contributed by atoms with Crippen LogP contribution in [0.1, 0.15) is 25.1 Å². The smallest absolute Gasteiger partial charge is 0.161 e. The number of likely N-dealkylation sites (N-methyl/N-ethyl adjacent to an activating group) is 1. The van der Waals surface area contributed by atoms with Crippen molar-refractivity contribution in [3.05, 3.63) is 11.9 Å². The third kappa shape index (κ3) is 2.67. The first-order chi connectivity index (χ1) is 10.3. The van der Waals surface area contributed by atoms with E-state index >= 15 is 0 Å². The molecule has 21 heavy (non-hydrogen) atoms. The monoisotopic (exact) mass is 293 g/mol. The second-order valence-electron chi connectivity index (χ2n) is 5.99. The number of ether oxygens (including phenoxy) is 1. The highest BCUT2D eigenvalue weighted by atomic mass is 16.5. The summed E-state index contributed by atoms with van der Waals surface area (Å²) in [5.74, 6) is 0.903. The molecule has 3 fully saturated rings. The molecule has 2 bridgehead atoms. The van der Waals surface area contributed by atoms with Crippen molar-refractivity contribution < 1.29 is 4.74 Å². The molecule has 3 aliphatic heterocycles. The zero-order chi connectivity index (χ0) is 14.8. The van der Waals surface area contributed by atoms with E-state index in [4.69, 9.17) is 4.74 Å². The lowest BCUT2D eigenvalue weighted by molar-refractivity contribution is -0.00416. The number of nitrogens with one attached hydrogen (secondary N) is 1. The van der Waals surface area contributed by atoms with E-state index in [1.165, 1.54) is 31.9 Å². The Kier molecular flexibility index (Phi) is 4.47. The van der Waals surface area contributed by atoms with E-state index in [1.807, 2.05) is 13.2 Å². The molecule has 3 aliphatic rings. The van der Waals surface area contributed by atoms with Crippen LogP contribution >= 0.6 is 0 Å². The maximum atomic E-state index is 5.57. The van der Waals surface area contributed by atoms with Crippen molar-refractivity contribution in [1.29, 1.82) is 0 Å². The summed E-state index contributed by atoms with van der Waals surface area (Å²) in [5.41, 5.74) is 1.20. The summed E-state index contributed by atoms with van der Waals surface area (Å²) in [4.78, 5) is 5.19. The Bertz CT molecular complexity index is 467. The zero-order valence-electron chi connectivity index (χ0n) is 13.4. The molecule has 2 unspecified atom stereocenters. The predicted octanol–water partition coefficient (Wildman–Crippen LogP) is 0.562. The SMILES string of the molecule is CCCn1ncc(OC)c1C(NC)C1CN2CCN1CC2. The number of piperazine rings is 3. The molecule has 6 nitrogen and oxygen atoms in total. The molecule has 0 spiro atoms. The lowest BCUT2D eigenvalue weighted by atomic mass is 9.97. The van der Waals surface area contributed by atoms with Gasteiger partial charge in [-0.05, 0) is 13.5 Å². The fourth-order valence-corrected chi connectivity index (χ4v) is 3.72. The molecule has 1 aromatic heterocycles. The standard InChI is InChI=1S/C15H27N5O/c1-4-5-20-15(13(21-3)10-17-20)14(16-2)12-11-18-6-8-19(12)9-7-18/h10,12,14,16H,4-9,11H2,1-3H3. The minimum atomic E-state index is 0.261. The van der Waals surface area contributed by atoms with Crippen LogP contribution in [0.25, 0.3) is 0 Å². The molecule has 0 radical (unpaired) electrons. The molecule has 0 aliphatic carbocycles. The highest BCUT2D eigenvalue weighted by molar-refractivity contribution is 5.30. The number of aromatic nitrogens is 2. The van der Waals surface area contributed by atoms with Gasteiger partial charge in [-0.1, -0.05) is 6.92 Å². The summed E-state index contributed by atoms with van der Waals surface area (Å²) in [7, 11) is 3.78. The van der Waals surface area contributed by atoms with E-state index in [0.29, 0.717) is 6.04 Å². The van der Waals surface area contributed by atoms with Gasteiger partial charge in [-0.25, -0.2) is 0 Å². The van der Waals surface area contributed by atoms with Gasteiger partial charge in [0.2, 0.25) is 0 Å². The van der Waals surface area contributed by atoms with Crippen molar-refractivity contribution in [1.82, 2.24) is 24.9 Å². The third-order valence-corrected chi connectivity index (χ3v) is 4.81. The average molecular weight is 293 g/mol. The van der Waals surface area contributed by atoms with Crippen LogP contribution < -0.4 is 10.1 Å². The van der Waals surface area contributed by atoms with E-state index in [9.17, 15) is 0 Å². The number of methoxy groups -OCH3 is 1. The van der Waals surface area contributed by atoms with Crippen molar-refractivity contribution >= 4 is 0 Å². The number of rotatable bonds is 6. The van der Waals surface area contributed by atoms with Crippen LogP contribution in [0.2, 0.25) is 0 Å².